The summed E-state index contributed by atoms with van der Waals surface area (Å²) < 4.78 is 119. The Labute approximate surface area is 282 Å². The van der Waals surface area contributed by atoms with Crippen LogP contribution in [0.1, 0.15) is 21.8 Å². The minimum Gasteiger partial charge on any atom is -0.326 e. The topological polar surface area (TPSA) is 87.3 Å². The van der Waals surface area contributed by atoms with Crippen LogP contribution in [0.5, 0.6) is 0 Å². The third kappa shape index (κ3) is 6.91. The van der Waals surface area contributed by atoms with Crippen molar-refractivity contribution < 1.29 is 53.9 Å². The summed E-state index contributed by atoms with van der Waals surface area (Å²) in [6.45, 7) is 0. The highest BCUT2D eigenvalue weighted by atomic mass is 35.5. The van der Waals surface area contributed by atoms with E-state index in [1.807, 2.05) is 5.32 Å². The first-order chi connectivity index (χ1) is 21.5. The number of amides is 3. The van der Waals surface area contributed by atoms with Crippen molar-refractivity contribution in [3.8, 4) is 0 Å². The van der Waals surface area contributed by atoms with Crippen LogP contribution in [-0.4, -0.2) is 40.1 Å². The maximum absolute atomic E-state index is 15.0. The maximum atomic E-state index is 15.0. The lowest BCUT2D eigenvalue weighted by Crippen LogP contribution is -2.57. The lowest BCUT2D eigenvalue weighted by atomic mass is 10.1. The van der Waals surface area contributed by atoms with E-state index in [-0.39, 0.29) is 26.8 Å². The molecule has 0 aromatic heterocycles. The van der Waals surface area contributed by atoms with Gasteiger partial charge in [0.2, 0.25) is 5.91 Å². The maximum Gasteiger partial charge on any atom is 0.460 e. The van der Waals surface area contributed by atoms with E-state index in [0.717, 1.165) is 12.1 Å². The molecule has 252 valence electrons. The third-order valence-electron chi connectivity index (χ3n) is 6.73. The summed E-state index contributed by atoms with van der Waals surface area (Å²) in [5.41, 5.74) is -2.97. The van der Waals surface area contributed by atoms with Crippen LogP contribution >= 0.6 is 58.0 Å². The molecule has 3 amide bonds. The lowest BCUT2D eigenvalue weighted by molar-refractivity contribution is -0.343. The van der Waals surface area contributed by atoms with Crippen molar-refractivity contribution in [2.45, 2.75) is 28.3 Å². The summed E-state index contributed by atoms with van der Waals surface area (Å²) in [5, 5.41) is 5.11. The Morgan fingerprint density at radius 1 is 0.745 bits per heavy atom. The van der Waals surface area contributed by atoms with Crippen molar-refractivity contribution in [2.75, 3.05) is 16.0 Å². The van der Waals surface area contributed by atoms with Crippen LogP contribution < -0.4 is 16.0 Å². The second kappa shape index (κ2) is 12.7. The summed E-state index contributed by atoms with van der Waals surface area (Å²) in [6.07, 6.45) is -6.91. The van der Waals surface area contributed by atoms with Gasteiger partial charge in [0, 0.05) is 11.6 Å². The van der Waals surface area contributed by atoms with Gasteiger partial charge in [-0.15, -0.1) is 23.2 Å². The molecule has 0 aliphatic heterocycles. The smallest absolute Gasteiger partial charge is 0.326 e. The zero-order valence-electron chi connectivity index (χ0n) is 22.3. The number of halogens is 14. The van der Waals surface area contributed by atoms with Gasteiger partial charge in [0.1, 0.15) is 15.8 Å². The number of benzene rings is 3. The summed E-state index contributed by atoms with van der Waals surface area (Å²) in [6, 6.07) is 8.67. The first kappa shape index (κ1) is 36.7. The minimum atomic E-state index is -6.92. The van der Waals surface area contributed by atoms with E-state index >= 15 is 0 Å². The van der Waals surface area contributed by atoms with Crippen molar-refractivity contribution in [3.05, 3.63) is 86.4 Å². The molecule has 6 nitrogen and oxygen atoms in total. The molecule has 3 aromatic carbocycles. The minimum absolute atomic E-state index is 0.0613. The van der Waals surface area contributed by atoms with Crippen LogP contribution in [0.4, 0.5) is 56.6 Å². The predicted octanol–water partition coefficient (Wildman–Crippen LogP) is 9.47. The Kier molecular flexibility index (Phi) is 9.95. The van der Waals surface area contributed by atoms with Gasteiger partial charge >= 0.3 is 23.9 Å². The fourth-order valence-electron chi connectivity index (χ4n) is 4.24. The molecule has 0 spiro atoms. The third-order valence-corrected chi connectivity index (χ3v) is 8.74. The zero-order valence-corrected chi connectivity index (χ0v) is 26.1. The number of carbonyl (C=O) groups excluding carboxylic acids is 3. The first-order valence-corrected chi connectivity index (χ1v) is 14.3. The average Bonchev–Trinajstić information content (AvgIpc) is 3.55. The quantitative estimate of drug-likeness (QED) is 0.158. The Hall–Kier alpha value is -3.11. The largest absolute Gasteiger partial charge is 0.460 e. The molecule has 2 atom stereocenters. The van der Waals surface area contributed by atoms with Crippen LogP contribution in [0.25, 0.3) is 0 Å². The molecule has 1 unspecified atom stereocenters. The van der Waals surface area contributed by atoms with E-state index in [0.29, 0.717) is 16.9 Å². The fraction of sp³-hybridized carbons (Fsp3) is 0.222. The van der Waals surface area contributed by atoms with Gasteiger partial charge in [0.25, 0.3) is 5.91 Å². The molecule has 1 saturated carbocycles. The number of hydrogen-bond donors (Lipinski definition) is 3. The second-order valence-electron chi connectivity index (χ2n) is 9.83. The molecule has 0 saturated heterocycles. The molecule has 4 rings (SSSR count). The van der Waals surface area contributed by atoms with Crippen LogP contribution in [-0.2, 0) is 9.59 Å². The monoisotopic (exact) mass is 773 g/mol. The number of alkyl halides is 9. The molecular weight excluding hydrogens is 763 g/mol. The number of anilines is 3. The molecular formula is C27H13Cl5F9N3O3. The highest BCUT2D eigenvalue weighted by Gasteiger charge is 2.76. The summed E-state index contributed by atoms with van der Waals surface area (Å²) in [4.78, 5) is 37.6. The van der Waals surface area contributed by atoms with Crippen molar-refractivity contribution in [1.29, 1.82) is 0 Å². The van der Waals surface area contributed by atoms with Crippen molar-refractivity contribution in [1.82, 2.24) is 0 Å². The molecule has 1 fully saturated rings. The van der Waals surface area contributed by atoms with Crippen LogP contribution in [0.2, 0.25) is 15.1 Å². The van der Waals surface area contributed by atoms with E-state index in [9.17, 15) is 53.9 Å². The van der Waals surface area contributed by atoms with Crippen molar-refractivity contribution >= 4 is 92.8 Å². The van der Waals surface area contributed by atoms with E-state index < -0.39 is 80.5 Å². The Balaban J connectivity index is 1.52. The van der Waals surface area contributed by atoms with E-state index in [1.54, 1.807) is 6.07 Å². The number of carbonyl (C=O) groups is 3. The molecule has 1 aliphatic carbocycles. The van der Waals surface area contributed by atoms with Gasteiger partial charge in [0.05, 0.1) is 32.2 Å². The van der Waals surface area contributed by atoms with Crippen molar-refractivity contribution in [3.63, 3.8) is 0 Å². The Bertz CT molecular complexity index is 1790. The Morgan fingerprint density at radius 3 is 1.96 bits per heavy atom. The van der Waals surface area contributed by atoms with Gasteiger partial charge in [0.15, 0.2) is 5.82 Å². The molecule has 1 aliphatic rings. The highest BCUT2D eigenvalue weighted by Crippen LogP contribution is 2.65. The second-order valence-corrected chi connectivity index (χ2v) is 12.5. The predicted molar refractivity (Wildman–Crippen MR) is 156 cm³/mol. The van der Waals surface area contributed by atoms with Gasteiger partial charge in [-0.05, 0) is 48.0 Å². The average molecular weight is 776 g/mol. The molecule has 20 heteroatoms. The summed E-state index contributed by atoms with van der Waals surface area (Å²) in [5.74, 6) is -24.5. The number of nitrogens with one attached hydrogen (secondary N) is 3. The van der Waals surface area contributed by atoms with E-state index in [1.165, 1.54) is 18.2 Å². The summed E-state index contributed by atoms with van der Waals surface area (Å²) >= 11 is 30.6. The lowest BCUT2D eigenvalue weighted by Gasteiger charge is -2.27. The molecule has 3 N–H and O–H groups in total. The van der Waals surface area contributed by atoms with Crippen LogP contribution in [0.15, 0.2) is 48.5 Å². The van der Waals surface area contributed by atoms with Gasteiger partial charge in [-0.25, -0.2) is 8.78 Å². The summed E-state index contributed by atoms with van der Waals surface area (Å²) in [7, 11) is 0. The fourth-order valence-corrected chi connectivity index (χ4v) is 5.57. The highest BCUT2D eigenvalue weighted by molar-refractivity contribution is 6.53. The van der Waals surface area contributed by atoms with Gasteiger partial charge in [-0.1, -0.05) is 40.9 Å². The van der Waals surface area contributed by atoms with E-state index in [2.05, 4.69) is 5.32 Å². The molecule has 3 aromatic rings. The standard InChI is InChI=1S/C27H13Cl5F9N3O3/c28-12-4-2-10(42-22(46)18-17(24(18,31)32)9-1-3-13(29)14(30)7-9)8-11(12)21(45)43-16-6-5-15(33)20(19(16)34)44-23(47)25(35,36)26(37,38)27(39,40)41/h1-8,17-18H,(H,42,46)(H,43,45)(H,44,47)/t17-,18?/m0/s1. The Morgan fingerprint density at radius 2 is 1.36 bits per heavy atom. The zero-order chi connectivity index (χ0) is 35.4. The molecule has 47 heavy (non-hydrogen) atoms. The van der Waals surface area contributed by atoms with Gasteiger partial charge in [-0.3, -0.25) is 14.4 Å². The SMILES string of the molecule is O=C(Nc1ccc(F)c(NC(=O)C(F)(F)C(F)(F)C(F)(F)F)c1F)c1cc(NC(=O)C2[C@H](c3ccc(Cl)c(Cl)c3)C2(Cl)Cl)ccc1Cl. The van der Waals surface area contributed by atoms with Gasteiger partial charge < -0.3 is 16.0 Å². The first-order valence-electron chi connectivity index (χ1n) is 12.4. The van der Waals surface area contributed by atoms with Gasteiger partial charge in [-0.2, -0.15) is 30.7 Å². The molecule has 0 radical (unpaired) electrons. The van der Waals surface area contributed by atoms with Crippen LogP contribution in [0, 0.1) is 17.6 Å². The van der Waals surface area contributed by atoms with Crippen LogP contribution in [0.3, 0.4) is 0 Å². The molecule has 0 bridgehead atoms. The van der Waals surface area contributed by atoms with E-state index in [4.69, 9.17) is 58.0 Å². The van der Waals surface area contributed by atoms with Crippen molar-refractivity contribution in [2.24, 2.45) is 5.92 Å². The normalized spacial score (nSPS) is 17.6. The number of hydrogen-bond acceptors (Lipinski definition) is 3. The molecule has 0 heterocycles. The number of rotatable bonds is 8.